The Morgan fingerprint density at radius 1 is 0.560 bits per heavy atom. The summed E-state index contributed by atoms with van der Waals surface area (Å²) < 4.78 is 2.51. The summed E-state index contributed by atoms with van der Waals surface area (Å²) in [6, 6.07) is 55.5. The standard InChI is InChI=1S/C44H33N5S/c1-29(30-14-5-2-6-15-30)46-43(31-16-7-3-8-17-31)49-42(45)35-21-13-20-33(26-35)38-28-39(48-44(47-38)32-18-9-4-10-19-32)34-24-25-37-36-22-11-12-23-40(36)50-41(37)27-34/h2-29H,1H3,(H2,45,46,49). The maximum atomic E-state index is 6.76. The van der Waals surface area contributed by atoms with E-state index in [-0.39, 0.29) is 6.04 Å². The van der Waals surface area contributed by atoms with Gasteiger partial charge in [0.15, 0.2) is 11.7 Å². The number of rotatable bonds is 7. The van der Waals surface area contributed by atoms with E-state index >= 15 is 0 Å². The Hall–Kier alpha value is -6.24. The van der Waals surface area contributed by atoms with Crippen LogP contribution in [0.2, 0.25) is 0 Å². The van der Waals surface area contributed by atoms with Gasteiger partial charge in [0.05, 0.1) is 17.4 Å². The van der Waals surface area contributed by atoms with Crippen LogP contribution in [0.4, 0.5) is 0 Å². The van der Waals surface area contributed by atoms with Gasteiger partial charge in [-0.1, -0.05) is 140 Å². The number of nitrogens with zero attached hydrogens (tertiary/aromatic N) is 4. The maximum absolute atomic E-state index is 6.76. The topological polar surface area (TPSA) is 76.5 Å². The first-order chi connectivity index (χ1) is 24.6. The summed E-state index contributed by atoms with van der Waals surface area (Å²) in [5.41, 5.74) is 14.1. The van der Waals surface area contributed by atoms with E-state index in [2.05, 4.69) is 73.7 Å². The van der Waals surface area contributed by atoms with E-state index in [1.54, 1.807) is 11.3 Å². The minimum Gasteiger partial charge on any atom is -0.383 e. The minimum atomic E-state index is -0.100. The summed E-state index contributed by atoms with van der Waals surface area (Å²) in [7, 11) is 0. The predicted octanol–water partition coefficient (Wildman–Crippen LogP) is 10.8. The van der Waals surface area contributed by atoms with Crippen LogP contribution in [-0.2, 0) is 0 Å². The Morgan fingerprint density at radius 2 is 1.16 bits per heavy atom. The van der Waals surface area contributed by atoms with Crippen LogP contribution in [0.5, 0.6) is 0 Å². The number of hydrogen-bond donors (Lipinski definition) is 1. The number of thiophene rings is 1. The van der Waals surface area contributed by atoms with Crippen molar-refractivity contribution in [1.82, 2.24) is 9.97 Å². The molecule has 0 aliphatic heterocycles. The normalized spacial score (nSPS) is 12.7. The van der Waals surface area contributed by atoms with E-state index in [1.165, 1.54) is 20.2 Å². The third-order valence-electron chi connectivity index (χ3n) is 8.74. The highest BCUT2D eigenvalue weighted by Crippen LogP contribution is 2.37. The third-order valence-corrected chi connectivity index (χ3v) is 9.88. The van der Waals surface area contributed by atoms with Gasteiger partial charge < -0.3 is 5.73 Å². The molecule has 8 rings (SSSR count). The van der Waals surface area contributed by atoms with Crippen LogP contribution in [0.15, 0.2) is 174 Å². The fraction of sp³-hybridized carbons (Fsp3) is 0.0455. The largest absolute Gasteiger partial charge is 0.383 e. The van der Waals surface area contributed by atoms with Crippen molar-refractivity contribution in [3.8, 4) is 33.9 Å². The molecule has 2 N–H and O–H groups in total. The summed E-state index contributed by atoms with van der Waals surface area (Å²) >= 11 is 1.80. The highest BCUT2D eigenvalue weighted by molar-refractivity contribution is 7.25. The van der Waals surface area contributed by atoms with E-state index < -0.39 is 0 Å². The Morgan fingerprint density at radius 3 is 1.92 bits per heavy atom. The van der Waals surface area contributed by atoms with Crippen LogP contribution in [-0.4, -0.2) is 21.6 Å². The van der Waals surface area contributed by atoms with Crippen LogP contribution in [0, 0.1) is 0 Å². The zero-order valence-corrected chi connectivity index (χ0v) is 28.3. The van der Waals surface area contributed by atoms with E-state index in [9.17, 15) is 0 Å². The zero-order chi connectivity index (χ0) is 33.9. The molecule has 0 radical (unpaired) electrons. The highest BCUT2D eigenvalue weighted by Gasteiger charge is 2.14. The van der Waals surface area contributed by atoms with Gasteiger partial charge in [0.2, 0.25) is 0 Å². The van der Waals surface area contributed by atoms with E-state index in [0.29, 0.717) is 17.5 Å². The number of nitrogens with two attached hydrogens (primary N) is 1. The van der Waals surface area contributed by atoms with Gasteiger partial charge in [0, 0.05) is 48.0 Å². The Balaban J connectivity index is 1.20. The third kappa shape index (κ3) is 6.44. The molecule has 0 saturated carbocycles. The van der Waals surface area contributed by atoms with Crippen LogP contribution in [0.25, 0.3) is 54.1 Å². The van der Waals surface area contributed by atoms with E-state index in [0.717, 1.165) is 44.8 Å². The Labute approximate surface area is 295 Å². The smallest absolute Gasteiger partial charge is 0.160 e. The number of hydrogen-bond acceptors (Lipinski definition) is 4. The molecule has 5 nitrogen and oxygen atoms in total. The molecule has 1 atom stereocenters. The molecule has 0 spiro atoms. The molecule has 0 aliphatic carbocycles. The average molecular weight is 664 g/mol. The van der Waals surface area contributed by atoms with Crippen LogP contribution in [0.1, 0.15) is 29.7 Å². The number of benzene rings is 6. The molecular weight excluding hydrogens is 631 g/mol. The van der Waals surface area contributed by atoms with Crippen LogP contribution >= 0.6 is 11.3 Å². The fourth-order valence-electron chi connectivity index (χ4n) is 6.11. The second-order valence-electron chi connectivity index (χ2n) is 12.1. The lowest BCUT2D eigenvalue weighted by Gasteiger charge is -2.12. The van der Waals surface area contributed by atoms with Gasteiger partial charge in [-0.15, -0.1) is 11.3 Å². The predicted molar refractivity (Wildman–Crippen MR) is 210 cm³/mol. The molecule has 0 amide bonds. The Bertz CT molecular complexity index is 2500. The molecular formula is C44H33N5S. The van der Waals surface area contributed by atoms with Crippen molar-refractivity contribution in [3.63, 3.8) is 0 Å². The summed E-state index contributed by atoms with van der Waals surface area (Å²) in [4.78, 5) is 20.1. The van der Waals surface area contributed by atoms with Crippen molar-refractivity contribution < 1.29 is 0 Å². The maximum Gasteiger partial charge on any atom is 0.160 e. The van der Waals surface area contributed by atoms with Gasteiger partial charge in [-0.05, 0) is 36.8 Å². The second kappa shape index (κ2) is 13.7. The van der Waals surface area contributed by atoms with Crippen molar-refractivity contribution in [1.29, 1.82) is 0 Å². The van der Waals surface area contributed by atoms with Gasteiger partial charge in [-0.25, -0.2) is 15.0 Å². The molecule has 2 aromatic heterocycles. The average Bonchev–Trinajstić information content (AvgIpc) is 3.56. The zero-order valence-electron chi connectivity index (χ0n) is 27.4. The molecule has 6 aromatic carbocycles. The molecule has 2 heterocycles. The fourth-order valence-corrected chi connectivity index (χ4v) is 7.25. The van der Waals surface area contributed by atoms with Gasteiger partial charge in [-0.3, -0.25) is 4.99 Å². The molecule has 0 fully saturated rings. The molecule has 8 aromatic rings. The Kier molecular flexibility index (Phi) is 8.51. The molecule has 240 valence electrons. The molecule has 1 unspecified atom stereocenters. The number of amidine groups is 2. The summed E-state index contributed by atoms with van der Waals surface area (Å²) in [6.45, 7) is 2.07. The lowest BCUT2D eigenvalue weighted by atomic mass is 10.0. The molecule has 50 heavy (non-hydrogen) atoms. The van der Waals surface area contributed by atoms with Gasteiger partial charge in [0.1, 0.15) is 5.84 Å². The number of fused-ring (bicyclic) bond motifs is 3. The van der Waals surface area contributed by atoms with Gasteiger partial charge >= 0.3 is 0 Å². The van der Waals surface area contributed by atoms with Crippen LogP contribution in [0.3, 0.4) is 0 Å². The van der Waals surface area contributed by atoms with Crippen molar-refractivity contribution in [2.24, 2.45) is 15.7 Å². The van der Waals surface area contributed by atoms with E-state index in [1.807, 2.05) is 97.1 Å². The SMILES string of the molecule is CC(N=C(N=C(N)c1cccc(-c2cc(-c3ccc4c(c3)sc3ccccc34)nc(-c3ccccc3)n2)c1)c1ccccc1)c1ccccc1. The first-order valence-electron chi connectivity index (χ1n) is 16.6. The summed E-state index contributed by atoms with van der Waals surface area (Å²) in [5.74, 6) is 1.62. The molecule has 0 bridgehead atoms. The van der Waals surface area contributed by atoms with Crippen molar-refractivity contribution in [2.75, 3.05) is 0 Å². The molecule has 0 saturated heterocycles. The van der Waals surface area contributed by atoms with Crippen molar-refractivity contribution in [2.45, 2.75) is 13.0 Å². The van der Waals surface area contributed by atoms with Crippen molar-refractivity contribution >= 4 is 43.2 Å². The number of aromatic nitrogens is 2. The molecule has 6 heteroatoms. The summed E-state index contributed by atoms with van der Waals surface area (Å²) in [6.07, 6.45) is 0. The monoisotopic (exact) mass is 663 g/mol. The first-order valence-corrected chi connectivity index (χ1v) is 17.4. The van der Waals surface area contributed by atoms with Gasteiger partial charge in [-0.2, -0.15) is 0 Å². The lowest BCUT2D eigenvalue weighted by molar-refractivity contribution is 0.818. The highest BCUT2D eigenvalue weighted by atomic mass is 32.1. The lowest BCUT2D eigenvalue weighted by Crippen LogP contribution is -2.17. The summed E-state index contributed by atoms with van der Waals surface area (Å²) in [5, 5.41) is 2.53. The molecule has 0 aliphatic rings. The quantitative estimate of drug-likeness (QED) is 0.136. The number of aliphatic imine (C=N–C) groups is 2. The van der Waals surface area contributed by atoms with Gasteiger partial charge in [0.25, 0.3) is 0 Å². The minimum absolute atomic E-state index is 0.100. The van der Waals surface area contributed by atoms with Crippen molar-refractivity contribution in [3.05, 3.63) is 180 Å². The van der Waals surface area contributed by atoms with E-state index in [4.69, 9.17) is 25.7 Å². The second-order valence-corrected chi connectivity index (χ2v) is 13.2. The van der Waals surface area contributed by atoms with Crippen LogP contribution < -0.4 is 5.73 Å². The first kappa shape index (κ1) is 31.1.